The molecule has 2 amide bonds. The van der Waals surface area contributed by atoms with E-state index >= 15 is 0 Å². The van der Waals surface area contributed by atoms with Crippen LogP contribution in [0.3, 0.4) is 0 Å². The highest BCUT2D eigenvalue weighted by Gasteiger charge is 2.11. The second-order valence-electron chi connectivity index (χ2n) is 4.24. The third kappa shape index (κ3) is 4.10. The van der Waals surface area contributed by atoms with Crippen molar-refractivity contribution in [2.45, 2.75) is 12.8 Å². The number of unbranched alkanes of at least 4 members (excludes halogenated alkanes) is 1. The fourth-order valence-electron chi connectivity index (χ4n) is 1.66. The number of non-ortho nitro benzene ring substituents is 1. The Balaban J connectivity index is 1.99. The number of aliphatic hydroxyl groups is 1. The number of hydrogen-bond donors (Lipinski definition) is 3. The number of amides is 2. The van der Waals surface area contributed by atoms with E-state index in [0.29, 0.717) is 34.7 Å². The summed E-state index contributed by atoms with van der Waals surface area (Å²) in [5.74, 6) is 0. The van der Waals surface area contributed by atoms with Crippen molar-refractivity contribution in [2.24, 2.45) is 0 Å². The quantitative estimate of drug-likeness (QED) is 0.429. The molecule has 9 heteroatoms. The monoisotopic (exact) mass is 310 g/mol. The Kier molecular flexibility index (Phi) is 5.01. The van der Waals surface area contributed by atoms with Crippen LogP contribution in [-0.2, 0) is 0 Å². The molecule has 0 aliphatic carbocycles. The van der Waals surface area contributed by atoms with Gasteiger partial charge in [0.1, 0.15) is 0 Å². The summed E-state index contributed by atoms with van der Waals surface area (Å²) in [5.41, 5.74) is 0.590. The van der Waals surface area contributed by atoms with Crippen molar-refractivity contribution in [1.82, 2.24) is 10.3 Å². The molecule has 0 saturated carbocycles. The maximum absolute atomic E-state index is 11.6. The molecule has 1 heterocycles. The Bertz CT molecular complexity index is 658. The van der Waals surface area contributed by atoms with E-state index in [-0.39, 0.29) is 18.3 Å². The van der Waals surface area contributed by atoms with Crippen LogP contribution in [0, 0.1) is 10.1 Å². The number of nitro benzene ring substituents is 1. The highest BCUT2D eigenvalue weighted by atomic mass is 32.1. The highest BCUT2D eigenvalue weighted by Crippen LogP contribution is 2.28. The number of nitro groups is 1. The predicted octanol–water partition coefficient (Wildman–Crippen LogP) is 2.10. The van der Waals surface area contributed by atoms with Gasteiger partial charge >= 0.3 is 6.03 Å². The minimum atomic E-state index is -0.472. The molecule has 0 spiro atoms. The third-order valence-corrected chi connectivity index (χ3v) is 3.61. The zero-order valence-electron chi connectivity index (χ0n) is 11.0. The summed E-state index contributed by atoms with van der Waals surface area (Å²) >= 11 is 1.17. The van der Waals surface area contributed by atoms with Gasteiger partial charge in [-0.25, -0.2) is 9.78 Å². The molecule has 1 aromatic heterocycles. The number of carbonyl (C=O) groups excluding carboxylic acids is 1. The van der Waals surface area contributed by atoms with E-state index in [1.807, 2.05) is 0 Å². The van der Waals surface area contributed by atoms with Gasteiger partial charge < -0.3 is 10.4 Å². The summed E-state index contributed by atoms with van der Waals surface area (Å²) in [7, 11) is 0. The van der Waals surface area contributed by atoms with Crippen molar-refractivity contribution in [3.05, 3.63) is 28.3 Å². The number of carbonyl (C=O) groups is 1. The summed E-state index contributed by atoms with van der Waals surface area (Å²) in [6.45, 7) is 0.558. The molecule has 0 saturated heterocycles. The van der Waals surface area contributed by atoms with Crippen molar-refractivity contribution in [2.75, 3.05) is 18.5 Å². The normalized spacial score (nSPS) is 10.5. The van der Waals surface area contributed by atoms with E-state index in [0.717, 1.165) is 0 Å². The van der Waals surface area contributed by atoms with Gasteiger partial charge in [-0.05, 0) is 18.9 Å². The molecule has 2 rings (SSSR count). The van der Waals surface area contributed by atoms with Crippen molar-refractivity contribution in [1.29, 1.82) is 0 Å². The zero-order valence-corrected chi connectivity index (χ0v) is 11.9. The average Bonchev–Trinajstić information content (AvgIpc) is 2.84. The Labute approximate surface area is 124 Å². The minimum absolute atomic E-state index is 0.00819. The van der Waals surface area contributed by atoms with Gasteiger partial charge in [-0.15, -0.1) is 0 Å². The molecule has 0 aliphatic rings. The van der Waals surface area contributed by atoms with Crippen molar-refractivity contribution in [3.63, 3.8) is 0 Å². The lowest BCUT2D eigenvalue weighted by molar-refractivity contribution is -0.384. The SMILES string of the molecule is O=C(NCCCCO)Nc1nc2ccc([N+](=O)[O-])cc2s1. The number of thiazole rings is 1. The van der Waals surface area contributed by atoms with Crippen LogP contribution in [0.1, 0.15) is 12.8 Å². The Morgan fingerprint density at radius 2 is 2.24 bits per heavy atom. The molecule has 2 aromatic rings. The lowest BCUT2D eigenvalue weighted by Crippen LogP contribution is -2.29. The lowest BCUT2D eigenvalue weighted by atomic mass is 10.3. The first-order valence-corrected chi connectivity index (χ1v) is 7.12. The summed E-state index contributed by atoms with van der Waals surface area (Å²) in [6.07, 6.45) is 1.32. The van der Waals surface area contributed by atoms with Crippen LogP contribution in [0.25, 0.3) is 10.2 Å². The number of hydrogen-bond acceptors (Lipinski definition) is 6. The highest BCUT2D eigenvalue weighted by molar-refractivity contribution is 7.22. The van der Waals surface area contributed by atoms with Gasteiger partial charge in [0.25, 0.3) is 5.69 Å². The molecule has 3 N–H and O–H groups in total. The van der Waals surface area contributed by atoms with E-state index in [2.05, 4.69) is 15.6 Å². The molecule has 0 atom stereocenters. The van der Waals surface area contributed by atoms with Gasteiger partial charge in [-0.1, -0.05) is 11.3 Å². The van der Waals surface area contributed by atoms with Crippen LogP contribution in [0.2, 0.25) is 0 Å². The van der Waals surface area contributed by atoms with E-state index in [9.17, 15) is 14.9 Å². The fraction of sp³-hybridized carbons (Fsp3) is 0.333. The minimum Gasteiger partial charge on any atom is -0.396 e. The van der Waals surface area contributed by atoms with E-state index < -0.39 is 4.92 Å². The molecule has 0 unspecified atom stereocenters. The van der Waals surface area contributed by atoms with Gasteiger partial charge in [0.15, 0.2) is 5.13 Å². The molecule has 112 valence electrons. The number of aliphatic hydroxyl groups excluding tert-OH is 1. The Morgan fingerprint density at radius 1 is 1.43 bits per heavy atom. The number of anilines is 1. The molecule has 0 fully saturated rings. The Morgan fingerprint density at radius 3 is 2.95 bits per heavy atom. The summed E-state index contributed by atoms with van der Waals surface area (Å²) < 4.78 is 0.639. The largest absolute Gasteiger partial charge is 0.396 e. The number of rotatable bonds is 6. The molecule has 1 aromatic carbocycles. The van der Waals surface area contributed by atoms with Gasteiger partial charge in [0.05, 0.1) is 15.1 Å². The Hall–Kier alpha value is -2.26. The molecule has 8 nitrogen and oxygen atoms in total. The number of urea groups is 1. The second-order valence-corrected chi connectivity index (χ2v) is 5.27. The molecule has 0 radical (unpaired) electrons. The van der Waals surface area contributed by atoms with E-state index in [4.69, 9.17) is 5.11 Å². The lowest BCUT2D eigenvalue weighted by Gasteiger charge is -2.03. The predicted molar refractivity (Wildman–Crippen MR) is 79.6 cm³/mol. The third-order valence-electron chi connectivity index (χ3n) is 2.67. The molecular formula is C12H14N4O4S. The maximum Gasteiger partial charge on any atom is 0.321 e. The van der Waals surface area contributed by atoms with Crippen LogP contribution in [0.5, 0.6) is 0 Å². The smallest absolute Gasteiger partial charge is 0.321 e. The van der Waals surface area contributed by atoms with Crippen LogP contribution < -0.4 is 10.6 Å². The summed E-state index contributed by atoms with van der Waals surface area (Å²) in [5, 5.41) is 24.9. The topological polar surface area (TPSA) is 117 Å². The summed E-state index contributed by atoms with van der Waals surface area (Å²) in [4.78, 5) is 26.0. The molecule has 0 aliphatic heterocycles. The maximum atomic E-state index is 11.6. The molecule has 0 bridgehead atoms. The van der Waals surface area contributed by atoms with Crippen LogP contribution in [-0.4, -0.2) is 34.2 Å². The van der Waals surface area contributed by atoms with Gasteiger partial charge in [-0.2, -0.15) is 0 Å². The van der Waals surface area contributed by atoms with Crippen LogP contribution in [0.15, 0.2) is 18.2 Å². The van der Waals surface area contributed by atoms with Crippen LogP contribution in [0.4, 0.5) is 15.6 Å². The number of benzene rings is 1. The average molecular weight is 310 g/mol. The first-order valence-electron chi connectivity index (χ1n) is 6.31. The fourth-order valence-corrected chi connectivity index (χ4v) is 2.55. The van der Waals surface area contributed by atoms with Gasteiger partial charge in [-0.3, -0.25) is 15.4 Å². The number of nitrogens with one attached hydrogen (secondary N) is 2. The van der Waals surface area contributed by atoms with E-state index in [1.165, 1.54) is 23.5 Å². The van der Waals surface area contributed by atoms with Gasteiger partial charge in [0, 0.05) is 25.3 Å². The van der Waals surface area contributed by atoms with Gasteiger partial charge in [0.2, 0.25) is 0 Å². The van der Waals surface area contributed by atoms with Crippen molar-refractivity contribution < 1.29 is 14.8 Å². The number of nitrogens with zero attached hydrogens (tertiary/aromatic N) is 2. The molecular weight excluding hydrogens is 296 g/mol. The van der Waals surface area contributed by atoms with Crippen molar-refractivity contribution in [3.8, 4) is 0 Å². The second kappa shape index (κ2) is 6.95. The first-order chi connectivity index (χ1) is 10.1. The summed E-state index contributed by atoms with van der Waals surface area (Å²) in [6, 6.07) is 3.97. The first kappa shape index (κ1) is 15.1. The number of aromatic nitrogens is 1. The van der Waals surface area contributed by atoms with E-state index in [1.54, 1.807) is 6.07 Å². The van der Waals surface area contributed by atoms with Crippen molar-refractivity contribution >= 4 is 38.4 Å². The zero-order chi connectivity index (χ0) is 15.2. The molecule has 21 heavy (non-hydrogen) atoms. The standard InChI is InChI=1S/C12H14N4O4S/c17-6-2-1-5-13-11(18)15-12-14-9-4-3-8(16(19)20)7-10(9)21-12/h3-4,7,17H,1-2,5-6H2,(H2,13,14,15,18). The number of fused-ring (bicyclic) bond motifs is 1. The van der Waals surface area contributed by atoms with Crippen LogP contribution >= 0.6 is 11.3 Å².